The molecule has 4 N–H and O–H groups in total. The number of ether oxygens (including phenoxy) is 4. The van der Waals surface area contributed by atoms with Gasteiger partial charge in [0.05, 0.1) is 27.9 Å². The number of carbonyl (C=O) groups is 7. The highest BCUT2D eigenvalue weighted by molar-refractivity contribution is 5.97. The number of nitrogens with zero attached hydrogens (tertiary/aromatic N) is 2. The van der Waals surface area contributed by atoms with Crippen LogP contribution in [0.3, 0.4) is 0 Å². The number of esters is 1. The van der Waals surface area contributed by atoms with E-state index >= 15 is 0 Å². The number of nitrogens with one attached hydrogen (secondary N) is 4. The topological polar surface area (TPSA) is 211 Å². The van der Waals surface area contributed by atoms with Gasteiger partial charge in [-0.3, -0.25) is 28.8 Å². The van der Waals surface area contributed by atoms with E-state index in [-0.39, 0.29) is 25.4 Å². The third kappa shape index (κ3) is 18.8. The lowest BCUT2D eigenvalue weighted by Gasteiger charge is -2.32. The van der Waals surface area contributed by atoms with E-state index in [1.165, 1.54) is 112 Å². The van der Waals surface area contributed by atoms with Crippen LogP contribution in [0.4, 0.5) is 0 Å². The molecule has 396 valence electrons. The SMILES string of the molecule is CCCCCCCCCCCCCCCC(=O)N(C)[C@H](COCCCC)C(=O)N[C@H](C)C(=O)N[C@@H](C)C(=O)N(C)[C@@H]1C(=O)N[C@@H](C)C(=O)N[C@H](C(=O)OC)Cc2ccc(OC)c(c2)-c2cc1ccc2OC. The molecular weight excluding hydrogens is 909 g/mol. The monoisotopic (exact) mass is 993 g/mol. The predicted molar refractivity (Wildman–Crippen MR) is 274 cm³/mol. The van der Waals surface area contributed by atoms with Crippen molar-refractivity contribution in [1.82, 2.24) is 31.1 Å². The summed E-state index contributed by atoms with van der Waals surface area (Å²) in [5.41, 5.74) is 2.07. The number of rotatable bonds is 29. The third-order valence-corrected chi connectivity index (χ3v) is 13.1. The normalized spacial score (nSPS) is 17.0. The fourth-order valence-corrected chi connectivity index (χ4v) is 8.63. The Labute approximate surface area is 422 Å². The average molecular weight is 993 g/mol. The van der Waals surface area contributed by atoms with Crippen LogP contribution >= 0.6 is 0 Å². The van der Waals surface area contributed by atoms with E-state index < -0.39 is 71.8 Å². The summed E-state index contributed by atoms with van der Waals surface area (Å²) in [6.45, 7) is 9.00. The summed E-state index contributed by atoms with van der Waals surface area (Å²) in [7, 11) is 7.18. The first kappa shape index (κ1) is 59.6. The van der Waals surface area contributed by atoms with Gasteiger partial charge in [-0.05, 0) is 69.0 Å². The molecule has 0 saturated heterocycles. The van der Waals surface area contributed by atoms with Crippen LogP contribution < -0.4 is 30.7 Å². The number of amides is 6. The molecule has 1 aliphatic rings. The zero-order valence-corrected chi connectivity index (χ0v) is 44.2. The minimum absolute atomic E-state index is 0.0540. The summed E-state index contributed by atoms with van der Waals surface area (Å²) >= 11 is 0. The number of likely N-dealkylation sites (N-methyl/N-ethyl adjacent to an activating group) is 2. The van der Waals surface area contributed by atoms with E-state index in [9.17, 15) is 33.6 Å². The van der Waals surface area contributed by atoms with Crippen LogP contribution in [0.2, 0.25) is 0 Å². The molecule has 0 radical (unpaired) electrons. The second kappa shape index (κ2) is 31.6. The Hall–Kier alpha value is -5.71. The number of carbonyl (C=O) groups excluding carboxylic acids is 7. The van der Waals surface area contributed by atoms with Gasteiger partial charge in [0, 0.05) is 44.7 Å². The van der Waals surface area contributed by atoms with Crippen LogP contribution in [0.5, 0.6) is 11.5 Å². The van der Waals surface area contributed by atoms with Crippen LogP contribution in [0, 0.1) is 0 Å². The van der Waals surface area contributed by atoms with Crippen molar-refractivity contribution >= 4 is 41.4 Å². The highest BCUT2D eigenvalue weighted by atomic mass is 16.5. The van der Waals surface area contributed by atoms with E-state index in [4.69, 9.17) is 18.9 Å². The molecule has 2 aromatic carbocycles. The lowest BCUT2D eigenvalue weighted by molar-refractivity contribution is -0.145. The van der Waals surface area contributed by atoms with Crippen LogP contribution in [0.1, 0.15) is 155 Å². The van der Waals surface area contributed by atoms with Gasteiger partial charge in [-0.1, -0.05) is 109 Å². The Bertz CT molecular complexity index is 2050. The number of hydrogen-bond donors (Lipinski definition) is 4. The maximum absolute atomic E-state index is 14.3. The van der Waals surface area contributed by atoms with Gasteiger partial charge in [-0.2, -0.15) is 0 Å². The lowest BCUT2D eigenvalue weighted by atomic mass is 9.93. The zero-order valence-electron chi connectivity index (χ0n) is 44.2. The first-order chi connectivity index (χ1) is 34.0. The van der Waals surface area contributed by atoms with E-state index in [1.54, 1.807) is 43.4 Å². The van der Waals surface area contributed by atoms with Crippen molar-refractivity contribution in [2.45, 2.75) is 180 Å². The van der Waals surface area contributed by atoms with Gasteiger partial charge in [0.1, 0.15) is 47.8 Å². The Morgan fingerprint density at radius 3 is 1.82 bits per heavy atom. The summed E-state index contributed by atoms with van der Waals surface area (Å²) in [6, 6.07) is 3.28. The van der Waals surface area contributed by atoms with Crippen LogP contribution in [-0.4, -0.2) is 130 Å². The van der Waals surface area contributed by atoms with Crippen LogP contribution in [-0.2, 0) is 49.5 Å². The van der Waals surface area contributed by atoms with Crippen molar-refractivity contribution in [3.63, 3.8) is 0 Å². The second-order valence-corrected chi connectivity index (χ2v) is 18.8. The van der Waals surface area contributed by atoms with Gasteiger partial charge in [0.2, 0.25) is 35.4 Å². The van der Waals surface area contributed by atoms with Gasteiger partial charge in [0.15, 0.2) is 0 Å². The van der Waals surface area contributed by atoms with Crippen molar-refractivity contribution in [1.29, 1.82) is 0 Å². The second-order valence-electron chi connectivity index (χ2n) is 18.8. The van der Waals surface area contributed by atoms with E-state index in [0.29, 0.717) is 46.8 Å². The van der Waals surface area contributed by atoms with Gasteiger partial charge in [0.25, 0.3) is 0 Å². The molecule has 0 fully saturated rings. The fraction of sp³-hybridized carbons (Fsp3) is 0.648. The van der Waals surface area contributed by atoms with Gasteiger partial charge < -0.3 is 50.0 Å². The predicted octanol–water partition coefficient (Wildman–Crippen LogP) is 6.72. The fourth-order valence-electron chi connectivity index (χ4n) is 8.63. The Balaban J connectivity index is 1.75. The molecule has 1 heterocycles. The molecule has 4 bridgehead atoms. The Morgan fingerprint density at radius 1 is 0.690 bits per heavy atom. The van der Waals surface area contributed by atoms with Crippen molar-refractivity contribution in [2.24, 2.45) is 0 Å². The Morgan fingerprint density at radius 2 is 1.24 bits per heavy atom. The number of fused-ring (bicyclic) bond motifs is 5. The van der Waals surface area contributed by atoms with Crippen LogP contribution in [0.25, 0.3) is 11.1 Å². The van der Waals surface area contributed by atoms with E-state index in [1.807, 2.05) is 6.92 Å². The van der Waals surface area contributed by atoms with Gasteiger partial charge in [-0.25, -0.2) is 4.79 Å². The highest BCUT2D eigenvalue weighted by Gasteiger charge is 2.36. The quantitative estimate of drug-likeness (QED) is 0.0496. The molecular formula is C54H84N6O11. The number of unbranched alkanes of at least 4 members (excludes halogenated alkanes) is 13. The summed E-state index contributed by atoms with van der Waals surface area (Å²) in [6.07, 6.45) is 17.5. The maximum Gasteiger partial charge on any atom is 0.328 e. The van der Waals surface area contributed by atoms with E-state index in [0.717, 1.165) is 37.0 Å². The Kier molecular flexibility index (Phi) is 26.5. The number of hydrogen-bond acceptors (Lipinski definition) is 11. The zero-order chi connectivity index (χ0) is 52.5. The number of methoxy groups -OCH3 is 3. The molecule has 3 rings (SSSR count). The van der Waals surface area contributed by atoms with Crippen molar-refractivity contribution in [3.8, 4) is 22.6 Å². The molecule has 0 aromatic heterocycles. The van der Waals surface area contributed by atoms with Gasteiger partial charge in [-0.15, -0.1) is 0 Å². The maximum atomic E-state index is 14.3. The third-order valence-electron chi connectivity index (χ3n) is 13.1. The number of benzene rings is 2. The molecule has 1 aliphatic heterocycles. The molecule has 17 nitrogen and oxygen atoms in total. The first-order valence-electron chi connectivity index (χ1n) is 25.8. The summed E-state index contributed by atoms with van der Waals surface area (Å²) in [5, 5.41) is 10.8. The van der Waals surface area contributed by atoms with Crippen molar-refractivity contribution in [2.75, 3.05) is 48.6 Å². The average Bonchev–Trinajstić information content (AvgIpc) is 3.36. The molecule has 0 aliphatic carbocycles. The van der Waals surface area contributed by atoms with E-state index in [2.05, 4.69) is 28.2 Å². The summed E-state index contributed by atoms with van der Waals surface area (Å²) in [4.78, 5) is 98.5. The van der Waals surface area contributed by atoms with Crippen LogP contribution in [0.15, 0.2) is 36.4 Å². The smallest absolute Gasteiger partial charge is 0.328 e. The molecule has 71 heavy (non-hydrogen) atoms. The minimum atomic E-state index is -1.35. The van der Waals surface area contributed by atoms with Crippen molar-refractivity contribution < 1.29 is 52.5 Å². The molecule has 0 saturated carbocycles. The van der Waals surface area contributed by atoms with Gasteiger partial charge >= 0.3 is 5.97 Å². The largest absolute Gasteiger partial charge is 0.496 e. The molecule has 17 heteroatoms. The highest BCUT2D eigenvalue weighted by Crippen LogP contribution is 2.40. The summed E-state index contributed by atoms with van der Waals surface area (Å²) in [5.74, 6) is -3.33. The molecule has 2 aromatic rings. The summed E-state index contributed by atoms with van der Waals surface area (Å²) < 4.78 is 22.3. The standard InChI is InChI=1S/C54H84N6O11/c1-11-13-15-16-17-18-19-20-21-22-23-24-25-26-47(61)59(6)44(35-71-31-14-12-2)51(64)55-36(3)49(62)57-38(5)53(66)60(7)48-40-28-30-46(69-9)42(34-40)41-32-39(27-29-45(41)68-8)33-43(54(67)70-10)58-50(63)37(4)56-52(48)65/h27-30,32,34,36-38,43-44,48H,11-26,31,33,35H2,1-10H3,(H,55,64)(H,56,65)(H,57,62)(H,58,63)/t36-,37+,38+,43+,44-,48+/m1/s1. The minimum Gasteiger partial charge on any atom is -0.496 e. The first-order valence-corrected chi connectivity index (χ1v) is 25.8. The van der Waals surface area contributed by atoms with Crippen molar-refractivity contribution in [3.05, 3.63) is 47.5 Å². The lowest BCUT2D eigenvalue weighted by Crippen LogP contribution is -2.57. The molecule has 0 spiro atoms. The molecule has 6 atom stereocenters. The molecule has 6 amide bonds. The molecule has 0 unspecified atom stereocenters.